The lowest BCUT2D eigenvalue weighted by Crippen LogP contribution is -2.25. The topological polar surface area (TPSA) is 85.7 Å². The number of fused-ring (bicyclic) bond motifs is 2. The van der Waals surface area contributed by atoms with E-state index < -0.39 is 0 Å². The number of para-hydroxylation sites is 1. The van der Waals surface area contributed by atoms with E-state index in [1.54, 1.807) is 17.9 Å². The van der Waals surface area contributed by atoms with Gasteiger partial charge in [-0.15, -0.1) is 0 Å². The number of benzene rings is 2. The van der Waals surface area contributed by atoms with Crippen LogP contribution in [0.15, 0.2) is 77.1 Å². The maximum atomic E-state index is 13.3. The van der Waals surface area contributed by atoms with Crippen LogP contribution in [0.4, 0.5) is 0 Å². The molecule has 160 valence electrons. The Morgan fingerprint density at radius 1 is 1.06 bits per heavy atom. The minimum absolute atomic E-state index is 0.167. The molecule has 3 heterocycles. The molecule has 32 heavy (non-hydrogen) atoms. The van der Waals surface area contributed by atoms with Gasteiger partial charge in [0.1, 0.15) is 5.75 Å². The quantitative estimate of drug-likeness (QED) is 0.300. The van der Waals surface area contributed by atoms with Crippen LogP contribution in [0.25, 0.3) is 22.1 Å². The summed E-state index contributed by atoms with van der Waals surface area (Å²) in [5.74, 6) is 1.49. The zero-order chi connectivity index (χ0) is 21.9. The Bertz CT molecular complexity index is 1440. The molecule has 5 rings (SSSR count). The summed E-state index contributed by atoms with van der Waals surface area (Å²) < 4.78 is 6.95. The first-order valence-corrected chi connectivity index (χ1v) is 11.2. The van der Waals surface area contributed by atoms with Crippen molar-refractivity contribution in [2.45, 2.75) is 23.9 Å². The molecule has 0 aliphatic heterocycles. The molecule has 0 aliphatic rings. The van der Waals surface area contributed by atoms with E-state index in [-0.39, 0.29) is 5.56 Å². The summed E-state index contributed by atoms with van der Waals surface area (Å²) in [7, 11) is 1.65. The summed E-state index contributed by atoms with van der Waals surface area (Å²) in [5.41, 5.74) is 3.87. The number of aromatic nitrogens is 5. The van der Waals surface area contributed by atoms with Crippen molar-refractivity contribution in [2.24, 2.45) is 0 Å². The maximum absolute atomic E-state index is 13.3. The molecule has 0 amide bonds. The number of aryl methyl sites for hydroxylation is 1. The van der Waals surface area contributed by atoms with Gasteiger partial charge in [-0.25, -0.2) is 15.0 Å². The number of hydrogen-bond acceptors (Lipinski definition) is 6. The summed E-state index contributed by atoms with van der Waals surface area (Å²) in [6, 6.07) is 16.1. The van der Waals surface area contributed by atoms with Crippen molar-refractivity contribution < 1.29 is 4.74 Å². The fourth-order valence-electron chi connectivity index (χ4n) is 3.68. The molecule has 5 aromatic rings. The number of rotatable bonds is 7. The van der Waals surface area contributed by atoms with Crippen molar-refractivity contribution in [3.8, 4) is 5.75 Å². The molecule has 0 atom stereocenters. The summed E-state index contributed by atoms with van der Waals surface area (Å²) in [5, 5.41) is 1.81. The molecule has 3 aromatic heterocycles. The highest BCUT2D eigenvalue weighted by Gasteiger charge is 2.14. The molecule has 0 unspecified atom stereocenters. The second-order valence-corrected chi connectivity index (χ2v) is 8.27. The van der Waals surface area contributed by atoms with Crippen molar-refractivity contribution in [3.05, 3.63) is 88.6 Å². The van der Waals surface area contributed by atoms with Gasteiger partial charge in [0.25, 0.3) is 5.56 Å². The zero-order valence-corrected chi connectivity index (χ0v) is 18.3. The van der Waals surface area contributed by atoms with Crippen LogP contribution in [0.2, 0.25) is 0 Å². The second-order valence-electron chi connectivity index (χ2n) is 7.33. The van der Waals surface area contributed by atoms with Gasteiger partial charge in [-0.1, -0.05) is 42.1 Å². The molecule has 1 N–H and O–H groups in total. The second kappa shape index (κ2) is 8.84. The lowest BCUT2D eigenvalue weighted by molar-refractivity contribution is 0.414. The zero-order valence-electron chi connectivity index (χ0n) is 17.5. The smallest absolute Gasteiger partial charge is 0.282 e. The maximum Gasteiger partial charge on any atom is 0.282 e. The van der Waals surface area contributed by atoms with E-state index in [0.29, 0.717) is 35.0 Å². The Morgan fingerprint density at radius 2 is 1.88 bits per heavy atom. The van der Waals surface area contributed by atoms with E-state index in [1.165, 1.54) is 23.3 Å². The molecule has 0 radical (unpaired) electrons. The molecule has 7 nitrogen and oxygen atoms in total. The van der Waals surface area contributed by atoms with Gasteiger partial charge in [0.05, 0.1) is 7.11 Å². The van der Waals surface area contributed by atoms with Gasteiger partial charge in [-0.2, -0.15) is 0 Å². The average Bonchev–Trinajstić information content (AvgIpc) is 3.26. The summed E-state index contributed by atoms with van der Waals surface area (Å²) in [6.07, 6.45) is 5.80. The van der Waals surface area contributed by atoms with Crippen LogP contribution in [0.3, 0.4) is 0 Å². The van der Waals surface area contributed by atoms with E-state index in [2.05, 4.69) is 26.0 Å². The summed E-state index contributed by atoms with van der Waals surface area (Å²) in [6.45, 7) is 0.505. The third kappa shape index (κ3) is 3.97. The number of ether oxygens (including phenoxy) is 1. The third-order valence-corrected chi connectivity index (χ3v) is 6.41. The van der Waals surface area contributed by atoms with Gasteiger partial charge in [0, 0.05) is 41.8 Å². The van der Waals surface area contributed by atoms with E-state index in [1.807, 2.05) is 48.7 Å². The molecule has 0 saturated carbocycles. The first-order chi connectivity index (χ1) is 15.7. The van der Waals surface area contributed by atoms with Gasteiger partial charge in [0.15, 0.2) is 16.3 Å². The molecule has 0 saturated heterocycles. The number of thioether (sulfide) groups is 1. The predicted octanol–water partition coefficient (Wildman–Crippen LogP) is 4.21. The monoisotopic (exact) mass is 443 g/mol. The normalized spacial score (nSPS) is 11.3. The largest absolute Gasteiger partial charge is 0.497 e. The molecule has 0 fully saturated rings. The van der Waals surface area contributed by atoms with Crippen molar-refractivity contribution in [2.75, 3.05) is 7.11 Å². The number of hydrogen-bond donors (Lipinski definition) is 1. The van der Waals surface area contributed by atoms with Gasteiger partial charge < -0.3 is 9.72 Å². The van der Waals surface area contributed by atoms with E-state index in [0.717, 1.165) is 22.4 Å². The molecule has 0 bridgehead atoms. The molecule has 2 aromatic carbocycles. The molecule has 0 spiro atoms. The van der Waals surface area contributed by atoms with Crippen LogP contribution in [0, 0.1) is 0 Å². The first-order valence-electron chi connectivity index (χ1n) is 10.3. The first kappa shape index (κ1) is 20.3. The van der Waals surface area contributed by atoms with Gasteiger partial charge >= 0.3 is 0 Å². The SMILES string of the molecule is COc1ccc(CSc2nc3nccnc3c(=O)n2CCc2c[nH]c3ccccc23)cc1. The van der Waals surface area contributed by atoms with Crippen molar-refractivity contribution in [1.29, 1.82) is 0 Å². The minimum atomic E-state index is -0.167. The summed E-state index contributed by atoms with van der Waals surface area (Å²) in [4.78, 5) is 29.7. The lowest BCUT2D eigenvalue weighted by Gasteiger charge is -2.12. The highest BCUT2D eigenvalue weighted by molar-refractivity contribution is 7.98. The Kier molecular flexibility index (Phi) is 5.60. The van der Waals surface area contributed by atoms with Gasteiger partial charge in [-0.3, -0.25) is 9.36 Å². The van der Waals surface area contributed by atoms with Crippen molar-refractivity contribution >= 4 is 33.8 Å². The fraction of sp³-hybridized carbons (Fsp3) is 0.167. The van der Waals surface area contributed by atoms with E-state index in [9.17, 15) is 4.79 Å². The molecular formula is C24H21N5O2S. The Morgan fingerprint density at radius 3 is 2.72 bits per heavy atom. The Hall–Kier alpha value is -3.65. The third-order valence-electron chi connectivity index (χ3n) is 5.37. The average molecular weight is 444 g/mol. The highest BCUT2D eigenvalue weighted by Crippen LogP contribution is 2.24. The van der Waals surface area contributed by atoms with E-state index in [4.69, 9.17) is 4.74 Å². The fourth-order valence-corrected chi connectivity index (χ4v) is 4.65. The Labute approximate surface area is 188 Å². The highest BCUT2D eigenvalue weighted by atomic mass is 32.2. The van der Waals surface area contributed by atoms with Crippen LogP contribution in [0.1, 0.15) is 11.1 Å². The van der Waals surface area contributed by atoms with Crippen molar-refractivity contribution in [1.82, 2.24) is 24.5 Å². The molecule has 0 aliphatic carbocycles. The lowest BCUT2D eigenvalue weighted by atomic mass is 10.1. The number of aromatic amines is 1. The van der Waals surface area contributed by atoms with Gasteiger partial charge in [0.2, 0.25) is 0 Å². The Balaban J connectivity index is 1.46. The van der Waals surface area contributed by atoms with Crippen LogP contribution in [-0.2, 0) is 18.7 Å². The summed E-state index contributed by atoms with van der Waals surface area (Å²) >= 11 is 1.52. The molecule has 8 heteroatoms. The number of nitrogens with one attached hydrogen (secondary N) is 1. The predicted molar refractivity (Wildman–Crippen MR) is 126 cm³/mol. The van der Waals surface area contributed by atoms with Crippen molar-refractivity contribution in [3.63, 3.8) is 0 Å². The molecular weight excluding hydrogens is 422 g/mol. The van der Waals surface area contributed by atoms with Gasteiger partial charge in [-0.05, 0) is 35.7 Å². The van der Waals surface area contributed by atoms with Crippen LogP contribution < -0.4 is 10.3 Å². The number of H-pyrrole nitrogens is 1. The van der Waals surface area contributed by atoms with E-state index >= 15 is 0 Å². The minimum Gasteiger partial charge on any atom is -0.497 e. The van der Waals surface area contributed by atoms with Crippen LogP contribution >= 0.6 is 11.8 Å². The standard InChI is InChI=1S/C24H21N5O2S/c1-31-18-8-6-16(7-9-18)15-32-24-28-22-21(25-11-12-26-22)23(30)29(24)13-10-17-14-27-20-5-3-2-4-19(17)20/h2-9,11-12,14,27H,10,13,15H2,1H3. The van der Waals surface area contributed by atoms with Crippen LogP contribution in [-0.4, -0.2) is 31.6 Å². The number of nitrogens with zero attached hydrogens (tertiary/aromatic N) is 4. The van der Waals surface area contributed by atoms with Crippen LogP contribution in [0.5, 0.6) is 5.75 Å². The number of methoxy groups -OCH3 is 1.